The highest BCUT2D eigenvalue weighted by atomic mass is 32.2. The van der Waals surface area contributed by atoms with Crippen LogP contribution < -0.4 is 0 Å². The van der Waals surface area contributed by atoms with E-state index in [1.165, 1.54) is 4.31 Å². The SMILES string of the molecule is CC[C@@H](C)c1ccc(S(=O)(=O)N2CCN(C(=O)CCn3cccn3)CC2)cc1. The van der Waals surface area contributed by atoms with Gasteiger partial charge in [0, 0.05) is 51.5 Å². The molecule has 0 spiro atoms. The van der Waals surface area contributed by atoms with E-state index in [1.807, 2.05) is 24.4 Å². The van der Waals surface area contributed by atoms with Crippen LogP contribution in [0.1, 0.15) is 38.2 Å². The number of hydrogen-bond acceptors (Lipinski definition) is 4. The third-order valence-corrected chi connectivity index (χ3v) is 7.32. The van der Waals surface area contributed by atoms with Gasteiger partial charge in [-0.3, -0.25) is 9.48 Å². The summed E-state index contributed by atoms with van der Waals surface area (Å²) < 4.78 is 29.0. The number of aryl methyl sites for hydroxylation is 1. The van der Waals surface area contributed by atoms with Gasteiger partial charge in [0.05, 0.1) is 4.90 Å². The number of sulfonamides is 1. The molecule has 7 nitrogen and oxygen atoms in total. The molecule has 0 N–H and O–H groups in total. The van der Waals surface area contributed by atoms with Gasteiger partial charge in [-0.15, -0.1) is 0 Å². The monoisotopic (exact) mass is 404 g/mol. The molecule has 152 valence electrons. The molecule has 2 aromatic rings. The Hall–Kier alpha value is -2.19. The molecule has 1 aromatic carbocycles. The molecular weight excluding hydrogens is 376 g/mol. The summed E-state index contributed by atoms with van der Waals surface area (Å²) in [6.07, 6.45) is 4.89. The van der Waals surface area contributed by atoms with Crippen LogP contribution in [-0.4, -0.2) is 59.5 Å². The fourth-order valence-electron chi connectivity index (χ4n) is 3.33. The molecular formula is C20H28N4O3S. The highest BCUT2D eigenvalue weighted by molar-refractivity contribution is 7.89. The molecule has 3 rings (SSSR count). The predicted octanol–water partition coefficient (Wildman–Crippen LogP) is 2.32. The van der Waals surface area contributed by atoms with Gasteiger partial charge in [-0.25, -0.2) is 8.42 Å². The van der Waals surface area contributed by atoms with Gasteiger partial charge in [0.15, 0.2) is 0 Å². The van der Waals surface area contributed by atoms with Crippen LogP contribution in [0.15, 0.2) is 47.6 Å². The summed E-state index contributed by atoms with van der Waals surface area (Å²) in [5, 5.41) is 4.09. The van der Waals surface area contributed by atoms with Crippen LogP contribution in [0.5, 0.6) is 0 Å². The van der Waals surface area contributed by atoms with Crippen molar-refractivity contribution in [1.82, 2.24) is 19.0 Å². The Morgan fingerprint density at radius 1 is 1.14 bits per heavy atom. The van der Waals surface area contributed by atoms with Crippen molar-refractivity contribution >= 4 is 15.9 Å². The second-order valence-corrected chi connectivity index (χ2v) is 9.12. The van der Waals surface area contributed by atoms with E-state index in [-0.39, 0.29) is 5.91 Å². The summed E-state index contributed by atoms with van der Waals surface area (Å²) in [6.45, 7) is 6.26. The topological polar surface area (TPSA) is 75.5 Å². The van der Waals surface area contributed by atoms with Crippen molar-refractivity contribution in [1.29, 1.82) is 0 Å². The van der Waals surface area contributed by atoms with Crippen molar-refractivity contribution in [3.8, 4) is 0 Å². The molecule has 1 amide bonds. The van der Waals surface area contributed by atoms with Crippen molar-refractivity contribution in [2.75, 3.05) is 26.2 Å². The van der Waals surface area contributed by atoms with E-state index in [0.29, 0.717) is 50.0 Å². The van der Waals surface area contributed by atoms with Gasteiger partial charge in [-0.2, -0.15) is 9.40 Å². The molecule has 0 bridgehead atoms. The molecule has 1 aliphatic heterocycles. The fraction of sp³-hybridized carbons (Fsp3) is 0.500. The van der Waals surface area contributed by atoms with Crippen LogP contribution in [0.3, 0.4) is 0 Å². The van der Waals surface area contributed by atoms with Gasteiger partial charge in [0.25, 0.3) is 0 Å². The maximum absolute atomic E-state index is 12.9. The minimum Gasteiger partial charge on any atom is -0.340 e. The van der Waals surface area contributed by atoms with Crippen LogP contribution in [0, 0.1) is 0 Å². The largest absolute Gasteiger partial charge is 0.340 e. The van der Waals surface area contributed by atoms with Gasteiger partial charge in [-0.1, -0.05) is 26.0 Å². The molecule has 1 saturated heterocycles. The lowest BCUT2D eigenvalue weighted by Gasteiger charge is -2.34. The summed E-state index contributed by atoms with van der Waals surface area (Å²) in [5.41, 5.74) is 1.15. The lowest BCUT2D eigenvalue weighted by atomic mass is 9.99. The smallest absolute Gasteiger partial charge is 0.243 e. The molecule has 0 aliphatic carbocycles. The number of aromatic nitrogens is 2. The number of carbonyl (C=O) groups is 1. The average molecular weight is 405 g/mol. The van der Waals surface area contributed by atoms with Crippen LogP contribution in [0.2, 0.25) is 0 Å². The van der Waals surface area contributed by atoms with E-state index >= 15 is 0 Å². The standard InChI is InChI=1S/C20H28N4O3S/c1-3-17(2)18-5-7-19(8-6-18)28(26,27)24-15-13-22(14-16-24)20(25)9-12-23-11-4-10-21-23/h4-8,10-11,17H,3,9,12-16H2,1-2H3/t17-/m1/s1. The van der Waals surface area contributed by atoms with Gasteiger partial charge in [0.1, 0.15) is 0 Å². The lowest BCUT2D eigenvalue weighted by molar-refractivity contribution is -0.132. The van der Waals surface area contributed by atoms with Crippen LogP contribution in [-0.2, 0) is 21.4 Å². The Kier molecular flexibility index (Phi) is 6.51. The summed E-state index contributed by atoms with van der Waals surface area (Å²) in [6, 6.07) is 9.01. The number of amides is 1. The summed E-state index contributed by atoms with van der Waals surface area (Å²) in [4.78, 5) is 14.4. The summed E-state index contributed by atoms with van der Waals surface area (Å²) >= 11 is 0. The molecule has 0 saturated carbocycles. The number of nitrogens with zero attached hydrogens (tertiary/aromatic N) is 4. The van der Waals surface area contributed by atoms with E-state index in [1.54, 1.807) is 27.9 Å². The molecule has 0 radical (unpaired) electrons. The first-order valence-corrected chi connectivity index (χ1v) is 11.2. The van der Waals surface area contributed by atoms with Crippen LogP contribution >= 0.6 is 0 Å². The molecule has 1 aliphatic rings. The van der Waals surface area contributed by atoms with E-state index in [2.05, 4.69) is 18.9 Å². The Morgan fingerprint density at radius 3 is 2.39 bits per heavy atom. The van der Waals surface area contributed by atoms with Crippen molar-refractivity contribution in [3.63, 3.8) is 0 Å². The Morgan fingerprint density at radius 2 is 1.82 bits per heavy atom. The predicted molar refractivity (Wildman–Crippen MR) is 107 cm³/mol. The normalized spacial score (nSPS) is 16.9. The number of benzene rings is 1. The van der Waals surface area contributed by atoms with Gasteiger partial charge >= 0.3 is 0 Å². The third kappa shape index (κ3) is 4.62. The molecule has 28 heavy (non-hydrogen) atoms. The highest BCUT2D eigenvalue weighted by Crippen LogP contribution is 2.23. The zero-order valence-corrected chi connectivity index (χ0v) is 17.3. The van der Waals surface area contributed by atoms with E-state index < -0.39 is 10.0 Å². The fourth-order valence-corrected chi connectivity index (χ4v) is 4.75. The minimum atomic E-state index is -3.53. The minimum absolute atomic E-state index is 0.0328. The van der Waals surface area contributed by atoms with E-state index in [4.69, 9.17) is 0 Å². The number of hydrogen-bond donors (Lipinski definition) is 0. The van der Waals surface area contributed by atoms with Gasteiger partial charge < -0.3 is 4.90 Å². The maximum atomic E-state index is 12.9. The van der Waals surface area contributed by atoms with Crippen LogP contribution in [0.25, 0.3) is 0 Å². The van der Waals surface area contributed by atoms with Gasteiger partial charge in [-0.05, 0) is 36.1 Å². The van der Waals surface area contributed by atoms with Crippen molar-refractivity contribution in [3.05, 3.63) is 48.3 Å². The molecule has 2 heterocycles. The number of piperazine rings is 1. The quantitative estimate of drug-likeness (QED) is 0.710. The first-order chi connectivity index (χ1) is 13.4. The Balaban J connectivity index is 1.56. The van der Waals surface area contributed by atoms with Crippen LogP contribution in [0.4, 0.5) is 0 Å². The van der Waals surface area contributed by atoms with E-state index in [0.717, 1.165) is 12.0 Å². The summed E-state index contributed by atoms with van der Waals surface area (Å²) in [7, 11) is -3.53. The first-order valence-electron chi connectivity index (χ1n) is 9.77. The number of rotatable bonds is 7. The van der Waals surface area contributed by atoms with Crippen molar-refractivity contribution in [2.45, 2.75) is 44.0 Å². The van der Waals surface area contributed by atoms with E-state index in [9.17, 15) is 13.2 Å². The lowest BCUT2D eigenvalue weighted by Crippen LogP contribution is -2.50. The second-order valence-electron chi connectivity index (χ2n) is 7.18. The molecule has 1 atom stereocenters. The molecule has 8 heteroatoms. The van der Waals surface area contributed by atoms with Crippen molar-refractivity contribution < 1.29 is 13.2 Å². The number of carbonyl (C=O) groups excluding carboxylic acids is 1. The molecule has 1 aromatic heterocycles. The third-order valence-electron chi connectivity index (χ3n) is 5.40. The van der Waals surface area contributed by atoms with Crippen molar-refractivity contribution in [2.24, 2.45) is 0 Å². The Labute approximate surface area is 167 Å². The summed E-state index contributed by atoms with van der Waals surface area (Å²) in [5.74, 6) is 0.443. The highest BCUT2D eigenvalue weighted by Gasteiger charge is 2.30. The average Bonchev–Trinajstić information content (AvgIpc) is 3.25. The second kappa shape index (κ2) is 8.87. The molecule has 0 unspecified atom stereocenters. The maximum Gasteiger partial charge on any atom is 0.243 e. The first kappa shape index (κ1) is 20.5. The zero-order valence-electron chi connectivity index (χ0n) is 16.5. The van der Waals surface area contributed by atoms with Gasteiger partial charge in [0.2, 0.25) is 15.9 Å². The molecule has 1 fully saturated rings. The Bertz CT molecular complexity index is 871. The zero-order chi connectivity index (χ0) is 20.1.